The molecule has 4 N–H and O–H groups in total. The van der Waals surface area contributed by atoms with E-state index in [1.807, 2.05) is 29.8 Å². The monoisotopic (exact) mass is 573 g/mol. The first kappa shape index (κ1) is 27.9. The number of carbonyl (C=O) groups excluding carboxylic acids is 2. The number of aromatic nitrogens is 2. The summed E-state index contributed by atoms with van der Waals surface area (Å²) in [6.45, 7) is 0.217. The molecule has 14 heteroatoms. The van der Waals surface area contributed by atoms with Crippen LogP contribution in [0.5, 0.6) is 11.5 Å². The molecule has 3 heterocycles. The molecule has 212 valence electrons. The number of aliphatic carboxylic acids is 1. The zero-order valence-corrected chi connectivity index (χ0v) is 22.2. The van der Waals surface area contributed by atoms with Crippen molar-refractivity contribution in [2.24, 2.45) is 7.05 Å². The topological polar surface area (TPSA) is 181 Å². The molecule has 0 radical (unpaired) electrons. The molecule has 5 rings (SSSR count). The van der Waals surface area contributed by atoms with E-state index in [4.69, 9.17) is 14.2 Å². The zero-order valence-electron chi connectivity index (χ0n) is 21.4. The number of fused-ring (bicyclic) bond motifs is 1. The first-order valence-corrected chi connectivity index (χ1v) is 13.1. The van der Waals surface area contributed by atoms with Crippen LogP contribution in [0, 0.1) is 0 Å². The van der Waals surface area contributed by atoms with Gasteiger partial charge in [-0.1, -0.05) is 23.9 Å². The molecule has 1 aromatic heterocycles. The molecule has 2 fully saturated rings. The lowest BCUT2D eigenvalue weighted by Crippen LogP contribution is -2.65. The second-order valence-corrected chi connectivity index (χ2v) is 10.6. The predicted molar refractivity (Wildman–Crippen MR) is 140 cm³/mol. The average molecular weight is 574 g/mol. The van der Waals surface area contributed by atoms with Gasteiger partial charge < -0.3 is 39.2 Å². The lowest BCUT2D eigenvalue weighted by Gasteiger charge is -2.41. The number of carbonyl (C=O) groups is 3. The Morgan fingerprint density at radius 2 is 1.75 bits per heavy atom. The largest absolute Gasteiger partial charge is 0.497 e. The summed E-state index contributed by atoms with van der Waals surface area (Å²) in [4.78, 5) is 42.3. The number of benzene rings is 2. The quantitative estimate of drug-likeness (QED) is 0.296. The molecule has 0 spiro atoms. The highest BCUT2D eigenvalue weighted by molar-refractivity contribution is 8.15. The van der Waals surface area contributed by atoms with Crippen LogP contribution >= 0.6 is 11.8 Å². The minimum Gasteiger partial charge on any atom is -0.497 e. The molecular weight excluding hydrogens is 546 g/mol. The van der Waals surface area contributed by atoms with Crippen LogP contribution in [-0.4, -0.2) is 95.0 Å². The molecule has 2 aliphatic rings. The van der Waals surface area contributed by atoms with Crippen molar-refractivity contribution in [2.45, 2.75) is 48.9 Å². The van der Waals surface area contributed by atoms with Crippen molar-refractivity contribution in [1.29, 1.82) is 0 Å². The lowest BCUT2D eigenvalue weighted by molar-refractivity contribution is -0.249. The van der Waals surface area contributed by atoms with E-state index < -0.39 is 53.0 Å². The number of amides is 2. The number of aliphatic hydroxyl groups is 3. The number of imide groups is 1. The highest BCUT2D eigenvalue weighted by atomic mass is 32.2. The summed E-state index contributed by atoms with van der Waals surface area (Å²) in [5.74, 6) is -0.294. The van der Waals surface area contributed by atoms with E-state index in [0.717, 1.165) is 22.3 Å². The minimum absolute atomic E-state index is 0.162. The molecule has 2 saturated heterocycles. The SMILES string of the molecule is COc1ccc2nc(COc3ccc(CC4SC(=O)N([C@@H]5O[C@H](C(=O)O)[C@@H](O)[C@H](O)[C@H]5O)C4=O)cc3)n(C)c2c1. The van der Waals surface area contributed by atoms with E-state index in [2.05, 4.69) is 4.98 Å². The van der Waals surface area contributed by atoms with Gasteiger partial charge >= 0.3 is 5.97 Å². The smallest absolute Gasteiger partial charge is 0.335 e. The Morgan fingerprint density at radius 3 is 2.42 bits per heavy atom. The first-order chi connectivity index (χ1) is 19.1. The number of ether oxygens (including phenoxy) is 3. The van der Waals surface area contributed by atoms with Crippen LogP contribution in [0.4, 0.5) is 4.79 Å². The average Bonchev–Trinajstić information content (AvgIpc) is 3.40. The van der Waals surface area contributed by atoms with Gasteiger partial charge in [0.05, 0.1) is 23.4 Å². The van der Waals surface area contributed by atoms with Gasteiger partial charge in [-0.2, -0.15) is 0 Å². The fourth-order valence-electron chi connectivity index (χ4n) is 4.67. The number of aryl methyl sites for hydroxylation is 1. The van der Waals surface area contributed by atoms with Crippen LogP contribution in [0.3, 0.4) is 0 Å². The molecule has 0 saturated carbocycles. The number of aliphatic hydroxyl groups excluding tert-OH is 3. The third-order valence-corrected chi connectivity index (χ3v) is 7.98. The summed E-state index contributed by atoms with van der Waals surface area (Å²) in [6.07, 6.45) is -9.25. The summed E-state index contributed by atoms with van der Waals surface area (Å²) in [5, 5.41) is 37.9. The summed E-state index contributed by atoms with van der Waals surface area (Å²) < 4.78 is 18.3. The highest BCUT2D eigenvalue weighted by Gasteiger charge is 2.54. The van der Waals surface area contributed by atoms with Crippen molar-refractivity contribution in [2.75, 3.05) is 7.11 Å². The molecule has 3 aromatic rings. The second-order valence-electron chi connectivity index (χ2n) is 9.42. The summed E-state index contributed by atoms with van der Waals surface area (Å²) >= 11 is 0.705. The fourth-order valence-corrected chi connectivity index (χ4v) is 5.71. The maximum absolute atomic E-state index is 13.1. The molecule has 2 aliphatic heterocycles. The molecule has 0 bridgehead atoms. The van der Waals surface area contributed by atoms with Gasteiger partial charge in [0.25, 0.3) is 5.24 Å². The van der Waals surface area contributed by atoms with E-state index in [9.17, 15) is 34.8 Å². The van der Waals surface area contributed by atoms with E-state index in [1.165, 1.54) is 0 Å². The van der Waals surface area contributed by atoms with Gasteiger partial charge in [-0.3, -0.25) is 9.59 Å². The predicted octanol–water partition coefficient (Wildman–Crippen LogP) is 0.660. The highest BCUT2D eigenvalue weighted by Crippen LogP contribution is 2.35. The summed E-state index contributed by atoms with van der Waals surface area (Å²) in [5.41, 5.74) is 2.45. The Kier molecular flexibility index (Phi) is 7.70. The maximum atomic E-state index is 13.1. The Hall–Kier alpha value is -3.69. The van der Waals surface area contributed by atoms with Crippen LogP contribution in [-0.2, 0) is 34.4 Å². The Labute approximate surface area is 231 Å². The van der Waals surface area contributed by atoms with Crippen molar-refractivity contribution in [1.82, 2.24) is 14.5 Å². The fraction of sp³-hybridized carbons (Fsp3) is 0.385. The van der Waals surface area contributed by atoms with Crippen LogP contribution < -0.4 is 9.47 Å². The molecule has 2 amide bonds. The molecule has 1 unspecified atom stereocenters. The number of thioether (sulfide) groups is 1. The van der Waals surface area contributed by atoms with Gasteiger partial charge in [-0.25, -0.2) is 14.7 Å². The van der Waals surface area contributed by atoms with E-state index >= 15 is 0 Å². The number of methoxy groups -OCH3 is 1. The molecule has 0 aliphatic carbocycles. The van der Waals surface area contributed by atoms with Crippen molar-refractivity contribution < 1.29 is 49.0 Å². The normalized spacial score (nSPS) is 26.9. The number of carboxylic acids is 1. The van der Waals surface area contributed by atoms with E-state index in [0.29, 0.717) is 28.2 Å². The lowest BCUT2D eigenvalue weighted by atomic mass is 9.97. The maximum Gasteiger partial charge on any atom is 0.335 e. The zero-order chi connectivity index (χ0) is 28.7. The molecule has 40 heavy (non-hydrogen) atoms. The van der Waals surface area contributed by atoms with Gasteiger partial charge in [0, 0.05) is 13.1 Å². The first-order valence-electron chi connectivity index (χ1n) is 12.3. The van der Waals surface area contributed by atoms with Gasteiger partial charge in [-0.05, 0) is 36.2 Å². The Balaban J connectivity index is 1.22. The van der Waals surface area contributed by atoms with Crippen LogP contribution in [0.15, 0.2) is 42.5 Å². The number of carboxylic acid groups (broad SMARTS) is 1. The van der Waals surface area contributed by atoms with Crippen molar-refractivity contribution in [3.63, 3.8) is 0 Å². The Bertz CT molecular complexity index is 1440. The van der Waals surface area contributed by atoms with Crippen molar-refractivity contribution >= 4 is 39.9 Å². The molecule has 13 nitrogen and oxygen atoms in total. The minimum atomic E-state index is -1.93. The third-order valence-electron chi connectivity index (χ3n) is 6.93. The number of hydrogen-bond donors (Lipinski definition) is 4. The van der Waals surface area contributed by atoms with Crippen LogP contribution in [0.1, 0.15) is 11.4 Å². The van der Waals surface area contributed by atoms with Crippen LogP contribution in [0.25, 0.3) is 11.0 Å². The van der Waals surface area contributed by atoms with Crippen molar-refractivity contribution in [3.8, 4) is 11.5 Å². The summed E-state index contributed by atoms with van der Waals surface area (Å²) in [7, 11) is 3.49. The second kappa shape index (κ2) is 11.1. The van der Waals surface area contributed by atoms with Crippen LogP contribution in [0.2, 0.25) is 0 Å². The molecule has 6 atom stereocenters. The van der Waals surface area contributed by atoms with Gasteiger partial charge in [-0.15, -0.1) is 0 Å². The van der Waals surface area contributed by atoms with Gasteiger partial charge in [0.1, 0.15) is 42.2 Å². The standard InChI is InChI=1S/C26H27N3O10S/c1-28-16-10-14(37-2)7-8-15(16)27-18(28)11-38-13-5-3-12(4-6-13)9-17-23(33)29(26(36)40-17)24-21(32)19(30)20(31)22(39-24)25(34)35/h3-8,10,17,19-22,24,30-32H,9,11H2,1-2H3,(H,34,35)/t17?,19-,20-,21+,22-,24+/m0/s1. The van der Waals surface area contributed by atoms with Crippen molar-refractivity contribution in [3.05, 3.63) is 53.9 Å². The molecule has 2 aromatic carbocycles. The van der Waals surface area contributed by atoms with Gasteiger partial charge in [0.15, 0.2) is 12.3 Å². The number of rotatable bonds is 8. The third kappa shape index (κ3) is 5.11. The molecular formula is C26H27N3O10S. The van der Waals surface area contributed by atoms with Gasteiger partial charge in [0.2, 0.25) is 5.91 Å². The van der Waals surface area contributed by atoms with E-state index in [1.54, 1.807) is 31.4 Å². The Morgan fingerprint density at radius 1 is 1.05 bits per heavy atom. The number of nitrogens with zero attached hydrogens (tertiary/aromatic N) is 3. The van der Waals surface area contributed by atoms with E-state index in [-0.39, 0.29) is 13.0 Å². The summed E-state index contributed by atoms with van der Waals surface area (Å²) in [6, 6.07) is 12.6. The number of hydrogen-bond acceptors (Lipinski definition) is 11. The number of imidazole rings is 1.